The molecule has 4 rings (SSSR count). The standard InChI is InChI=1S/C30H27NO/c1-22-4-10-25(11-5-22)12-13-26-14-19-30(20-27(26)21-32)31(28-15-6-23(2)7-16-28)29-17-8-24(3)9-18-29/h4-21H,1-3H3/b13-12+. The number of hydrogen-bond acceptors (Lipinski definition) is 2. The molecule has 0 fully saturated rings. The molecule has 0 aromatic heterocycles. The Morgan fingerprint density at radius 3 is 1.50 bits per heavy atom. The minimum Gasteiger partial charge on any atom is -0.310 e. The van der Waals surface area contributed by atoms with Gasteiger partial charge in [0.2, 0.25) is 0 Å². The largest absolute Gasteiger partial charge is 0.310 e. The third-order valence-corrected chi connectivity index (χ3v) is 5.57. The molecule has 0 heterocycles. The molecule has 4 aromatic carbocycles. The van der Waals surface area contributed by atoms with Crippen molar-refractivity contribution in [1.82, 2.24) is 0 Å². The molecule has 0 aliphatic carbocycles. The van der Waals surface area contributed by atoms with Crippen molar-refractivity contribution < 1.29 is 4.79 Å². The van der Waals surface area contributed by atoms with Crippen molar-refractivity contribution in [3.8, 4) is 0 Å². The number of aldehydes is 1. The van der Waals surface area contributed by atoms with Crippen LogP contribution in [-0.4, -0.2) is 6.29 Å². The van der Waals surface area contributed by atoms with Crippen molar-refractivity contribution in [2.75, 3.05) is 4.90 Å². The van der Waals surface area contributed by atoms with Crippen LogP contribution >= 0.6 is 0 Å². The quantitative estimate of drug-likeness (QED) is 0.233. The zero-order valence-corrected chi connectivity index (χ0v) is 18.7. The minimum absolute atomic E-state index is 0.662. The van der Waals surface area contributed by atoms with E-state index in [0.717, 1.165) is 34.5 Å². The van der Waals surface area contributed by atoms with Crippen molar-refractivity contribution in [2.45, 2.75) is 20.8 Å². The summed E-state index contributed by atoms with van der Waals surface area (Å²) in [5.41, 5.74) is 9.38. The molecular weight excluding hydrogens is 390 g/mol. The topological polar surface area (TPSA) is 20.3 Å². The van der Waals surface area contributed by atoms with E-state index in [1.807, 2.05) is 24.3 Å². The zero-order valence-electron chi connectivity index (χ0n) is 18.7. The highest BCUT2D eigenvalue weighted by atomic mass is 16.1. The lowest BCUT2D eigenvalue weighted by molar-refractivity contribution is 0.112. The fraction of sp³-hybridized carbons (Fsp3) is 0.100. The Labute approximate surface area is 190 Å². The van der Waals surface area contributed by atoms with Gasteiger partial charge < -0.3 is 4.90 Å². The van der Waals surface area contributed by atoms with E-state index >= 15 is 0 Å². The second-order valence-corrected chi connectivity index (χ2v) is 8.18. The molecule has 0 radical (unpaired) electrons. The van der Waals surface area contributed by atoms with Crippen LogP contribution in [0.25, 0.3) is 12.2 Å². The molecule has 0 unspecified atom stereocenters. The normalized spacial score (nSPS) is 11.0. The van der Waals surface area contributed by atoms with Crippen molar-refractivity contribution >= 4 is 35.5 Å². The lowest BCUT2D eigenvalue weighted by Gasteiger charge is -2.26. The summed E-state index contributed by atoms with van der Waals surface area (Å²) < 4.78 is 0. The van der Waals surface area contributed by atoms with E-state index < -0.39 is 0 Å². The van der Waals surface area contributed by atoms with Crippen molar-refractivity contribution in [3.05, 3.63) is 124 Å². The highest BCUT2D eigenvalue weighted by molar-refractivity contribution is 5.88. The van der Waals surface area contributed by atoms with Crippen LogP contribution < -0.4 is 4.90 Å². The Bertz CT molecular complexity index is 1190. The minimum atomic E-state index is 0.662. The average molecular weight is 418 g/mol. The van der Waals surface area contributed by atoms with E-state index in [1.165, 1.54) is 16.7 Å². The second-order valence-electron chi connectivity index (χ2n) is 8.18. The summed E-state index contributed by atoms with van der Waals surface area (Å²) in [5, 5.41) is 0. The maximum atomic E-state index is 12.0. The highest BCUT2D eigenvalue weighted by Gasteiger charge is 2.14. The van der Waals surface area contributed by atoms with Crippen LogP contribution in [0, 0.1) is 20.8 Å². The first kappa shape index (κ1) is 21.3. The molecule has 0 atom stereocenters. The number of benzene rings is 4. The summed E-state index contributed by atoms with van der Waals surface area (Å²) in [4.78, 5) is 14.1. The van der Waals surface area contributed by atoms with Gasteiger partial charge in [-0.3, -0.25) is 4.79 Å². The Morgan fingerprint density at radius 1 is 0.531 bits per heavy atom. The second kappa shape index (κ2) is 9.49. The monoisotopic (exact) mass is 417 g/mol. The number of rotatable bonds is 6. The number of hydrogen-bond donors (Lipinski definition) is 0. The number of aryl methyl sites for hydroxylation is 3. The van der Waals surface area contributed by atoms with E-state index in [9.17, 15) is 4.79 Å². The van der Waals surface area contributed by atoms with Crippen LogP contribution in [0.4, 0.5) is 17.1 Å². The molecule has 2 heteroatoms. The Morgan fingerprint density at radius 2 is 1.00 bits per heavy atom. The fourth-order valence-electron chi connectivity index (χ4n) is 3.65. The van der Waals surface area contributed by atoms with Gasteiger partial charge in [0, 0.05) is 22.6 Å². The van der Waals surface area contributed by atoms with Crippen LogP contribution in [0.3, 0.4) is 0 Å². The van der Waals surface area contributed by atoms with Gasteiger partial charge in [-0.05, 0) is 68.3 Å². The van der Waals surface area contributed by atoms with Crippen LogP contribution in [-0.2, 0) is 0 Å². The van der Waals surface area contributed by atoms with E-state index in [4.69, 9.17) is 0 Å². The lowest BCUT2D eigenvalue weighted by Crippen LogP contribution is -2.10. The van der Waals surface area contributed by atoms with Gasteiger partial charge in [-0.15, -0.1) is 0 Å². The SMILES string of the molecule is Cc1ccc(/C=C/c2ccc(N(c3ccc(C)cc3)c3ccc(C)cc3)cc2C=O)cc1. The van der Waals surface area contributed by atoms with Gasteiger partial charge in [0.15, 0.2) is 6.29 Å². The van der Waals surface area contributed by atoms with E-state index in [1.54, 1.807) is 0 Å². The molecule has 0 aliphatic rings. The van der Waals surface area contributed by atoms with Gasteiger partial charge in [0.25, 0.3) is 0 Å². The van der Waals surface area contributed by atoms with Crippen LogP contribution in [0.1, 0.15) is 38.2 Å². The predicted octanol–water partition coefficient (Wildman–Crippen LogP) is 8.06. The van der Waals surface area contributed by atoms with E-state index in [0.29, 0.717) is 5.56 Å². The predicted molar refractivity (Wildman–Crippen MR) is 136 cm³/mol. The van der Waals surface area contributed by atoms with Gasteiger partial charge in [0.05, 0.1) is 0 Å². The van der Waals surface area contributed by atoms with Crippen LogP contribution in [0.15, 0.2) is 91.0 Å². The summed E-state index contributed by atoms with van der Waals surface area (Å²) in [6.07, 6.45) is 4.97. The molecule has 0 aliphatic heterocycles. The molecule has 32 heavy (non-hydrogen) atoms. The molecule has 0 amide bonds. The third kappa shape index (κ3) is 4.87. The molecule has 2 nitrogen and oxygen atoms in total. The van der Waals surface area contributed by atoms with E-state index in [-0.39, 0.29) is 0 Å². The fourth-order valence-corrected chi connectivity index (χ4v) is 3.65. The van der Waals surface area contributed by atoms with Gasteiger partial charge in [-0.25, -0.2) is 0 Å². The van der Waals surface area contributed by atoms with Crippen LogP contribution in [0.2, 0.25) is 0 Å². The number of anilines is 3. The smallest absolute Gasteiger partial charge is 0.150 e. The molecule has 0 spiro atoms. The Kier molecular flexibility index (Phi) is 6.32. The first-order valence-electron chi connectivity index (χ1n) is 10.8. The maximum Gasteiger partial charge on any atom is 0.150 e. The Hall–Kier alpha value is -3.91. The number of nitrogens with zero attached hydrogens (tertiary/aromatic N) is 1. The molecule has 0 saturated carbocycles. The van der Waals surface area contributed by atoms with Gasteiger partial charge in [-0.1, -0.05) is 83.4 Å². The number of carbonyl (C=O) groups excluding carboxylic acids is 1. The molecular formula is C30H27NO. The first-order chi connectivity index (χ1) is 15.5. The highest BCUT2D eigenvalue weighted by Crippen LogP contribution is 2.35. The van der Waals surface area contributed by atoms with Crippen molar-refractivity contribution in [2.24, 2.45) is 0 Å². The van der Waals surface area contributed by atoms with Crippen molar-refractivity contribution in [1.29, 1.82) is 0 Å². The molecule has 0 N–H and O–H groups in total. The summed E-state index contributed by atoms with van der Waals surface area (Å²) >= 11 is 0. The van der Waals surface area contributed by atoms with Gasteiger partial charge in [0.1, 0.15) is 0 Å². The molecule has 4 aromatic rings. The Balaban J connectivity index is 1.74. The van der Waals surface area contributed by atoms with Gasteiger partial charge in [-0.2, -0.15) is 0 Å². The number of carbonyl (C=O) groups is 1. The molecule has 0 bridgehead atoms. The summed E-state index contributed by atoms with van der Waals surface area (Å²) in [6, 6.07) is 31.3. The summed E-state index contributed by atoms with van der Waals surface area (Å²) in [6.45, 7) is 6.24. The zero-order chi connectivity index (χ0) is 22.5. The van der Waals surface area contributed by atoms with E-state index in [2.05, 4.69) is 105 Å². The summed E-state index contributed by atoms with van der Waals surface area (Å²) in [5.74, 6) is 0. The first-order valence-corrected chi connectivity index (χ1v) is 10.8. The third-order valence-electron chi connectivity index (χ3n) is 5.57. The molecule has 158 valence electrons. The lowest BCUT2D eigenvalue weighted by atomic mass is 10.0. The van der Waals surface area contributed by atoms with Crippen LogP contribution in [0.5, 0.6) is 0 Å². The van der Waals surface area contributed by atoms with Crippen molar-refractivity contribution in [3.63, 3.8) is 0 Å². The maximum absolute atomic E-state index is 12.0. The van der Waals surface area contributed by atoms with Gasteiger partial charge >= 0.3 is 0 Å². The average Bonchev–Trinajstić information content (AvgIpc) is 2.81. The summed E-state index contributed by atoms with van der Waals surface area (Å²) in [7, 11) is 0. The molecule has 0 saturated heterocycles.